The molecule has 0 aromatic rings. The van der Waals surface area contributed by atoms with Crippen molar-refractivity contribution in [2.75, 3.05) is 13.6 Å². The second-order valence-electron chi connectivity index (χ2n) is 1.77. The molecule has 0 saturated heterocycles. The molecule has 0 aliphatic heterocycles. The molecule has 0 aromatic heterocycles. The Morgan fingerprint density at radius 1 is 1.83 bits per heavy atom. The lowest BCUT2D eigenvalue weighted by molar-refractivity contribution is -0.121. The van der Waals surface area contributed by atoms with Crippen molar-refractivity contribution in [3.63, 3.8) is 0 Å². The van der Waals surface area contributed by atoms with Gasteiger partial charge in [-0.15, -0.1) is 0 Å². The van der Waals surface area contributed by atoms with Crippen LogP contribution >= 0.6 is 0 Å². The van der Waals surface area contributed by atoms with E-state index in [0.29, 0.717) is 0 Å². The van der Waals surface area contributed by atoms with E-state index in [4.69, 9.17) is 11.4 Å². The molecular weight excluding hydrogens is 162 g/mol. The van der Waals surface area contributed by atoms with Gasteiger partial charge in [-0.25, -0.2) is 0 Å². The van der Waals surface area contributed by atoms with E-state index in [1.807, 2.05) is 0 Å². The average molecular weight is 171 g/mol. The maximum atomic E-state index is 10.9. The lowest BCUT2D eigenvalue weighted by Crippen LogP contribution is -2.32. The summed E-state index contributed by atoms with van der Waals surface area (Å²) in [5.41, 5.74) is 7.96. The zero-order valence-corrected chi connectivity index (χ0v) is 6.51. The van der Waals surface area contributed by atoms with Gasteiger partial charge in [0, 0.05) is 12.0 Å². The maximum absolute atomic E-state index is 10.9. The predicted molar refractivity (Wildman–Crippen MR) is 40.9 cm³/mol. The first-order valence-corrected chi connectivity index (χ1v) is 3.08. The summed E-state index contributed by atoms with van der Waals surface area (Å²) in [6, 6.07) is -0.837. The van der Waals surface area contributed by atoms with Crippen molar-refractivity contribution in [2.45, 2.75) is 6.04 Å². The minimum atomic E-state index is -0.837. The Morgan fingerprint density at radius 2 is 2.50 bits per heavy atom. The van der Waals surface area contributed by atoms with Crippen molar-refractivity contribution in [3.8, 4) is 0 Å². The summed E-state index contributed by atoms with van der Waals surface area (Å²) < 4.78 is 0. The highest BCUT2D eigenvalue weighted by Gasteiger charge is 2.14. The molecule has 0 heterocycles. The van der Waals surface area contributed by atoms with E-state index in [1.165, 1.54) is 7.05 Å². The molecule has 0 aliphatic carbocycles. The van der Waals surface area contributed by atoms with Gasteiger partial charge in [-0.05, 0) is 5.53 Å². The quantitative estimate of drug-likeness (QED) is 0.198. The van der Waals surface area contributed by atoms with Crippen LogP contribution in [-0.2, 0) is 4.79 Å². The summed E-state index contributed by atoms with van der Waals surface area (Å²) in [7, 11) is 1.44. The summed E-state index contributed by atoms with van der Waals surface area (Å²) in [4.78, 5) is 13.4. The van der Waals surface area contributed by atoms with E-state index < -0.39 is 11.9 Å². The highest BCUT2D eigenvalue weighted by Crippen LogP contribution is 1.92. The Morgan fingerprint density at radius 3 is 2.92 bits per heavy atom. The first-order valence-electron chi connectivity index (χ1n) is 3.08. The summed E-state index contributed by atoms with van der Waals surface area (Å²) in [5.74, 6) is 4.35. The monoisotopic (exact) mass is 171 g/mol. The second-order valence-corrected chi connectivity index (χ2v) is 1.77. The average Bonchev–Trinajstić information content (AvgIpc) is 2.11. The Bertz CT molecular complexity index is 217. The zero-order valence-electron chi connectivity index (χ0n) is 6.51. The van der Waals surface area contributed by atoms with E-state index in [1.54, 1.807) is 0 Å². The lowest BCUT2D eigenvalue weighted by Gasteiger charge is -2.03. The van der Waals surface area contributed by atoms with Crippen LogP contribution in [0.4, 0.5) is 0 Å². The van der Waals surface area contributed by atoms with Crippen LogP contribution in [0.25, 0.3) is 10.4 Å². The molecule has 3 N–H and O–H groups in total. The third-order valence-corrected chi connectivity index (χ3v) is 1.07. The number of carbonyl (C=O) groups excluding carboxylic acids is 1. The van der Waals surface area contributed by atoms with Crippen molar-refractivity contribution >= 4 is 5.91 Å². The summed E-state index contributed by atoms with van der Waals surface area (Å²) in [6.07, 6.45) is 0. The number of hydrogen-bond donors (Lipinski definition) is 2. The lowest BCUT2D eigenvalue weighted by atomic mass is 10.3. The van der Waals surface area contributed by atoms with Gasteiger partial charge in [0.1, 0.15) is 0 Å². The first-order chi connectivity index (χ1) is 5.76. The number of nitrogens with one attached hydrogen (secondary N) is 1. The number of nitrogens with zero attached hydrogens (tertiary/aromatic N) is 5. The SMILES string of the molecule is CNC(=O)[C@H](CN=[N+]=[N-])N=NN. The van der Waals surface area contributed by atoms with Crippen LogP contribution in [-0.4, -0.2) is 25.5 Å². The summed E-state index contributed by atoms with van der Waals surface area (Å²) in [5, 5.41) is 11.8. The Balaban J connectivity index is 4.21. The molecule has 8 nitrogen and oxygen atoms in total. The first kappa shape index (κ1) is 10.2. The van der Waals surface area contributed by atoms with Crippen LogP contribution < -0.4 is 11.2 Å². The van der Waals surface area contributed by atoms with Gasteiger partial charge in [-0.3, -0.25) is 4.79 Å². The second kappa shape index (κ2) is 5.93. The topological polar surface area (TPSA) is 129 Å². The third kappa shape index (κ3) is 3.37. The number of rotatable bonds is 4. The van der Waals surface area contributed by atoms with Crippen LogP contribution in [0, 0.1) is 0 Å². The molecule has 0 fully saturated rings. The fraction of sp³-hybridized carbons (Fsp3) is 0.750. The Kier molecular flexibility index (Phi) is 5.03. The third-order valence-electron chi connectivity index (χ3n) is 1.07. The van der Waals surface area contributed by atoms with Gasteiger partial charge in [0.15, 0.2) is 6.04 Å². The zero-order chi connectivity index (χ0) is 9.40. The van der Waals surface area contributed by atoms with Gasteiger partial charge >= 0.3 is 0 Å². The van der Waals surface area contributed by atoms with Gasteiger partial charge in [0.05, 0.1) is 6.54 Å². The van der Waals surface area contributed by atoms with Gasteiger partial charge in [-0.1, -0.05) is 10.3 Å². The molecule has 12 heavy (non-hydrogen) atoms. The van der Waals surface area contributed by atoms with Crippen LogP contribution in [0.3, 0.4) is 0 Å². The van der Waals surface area contributed by atoms with E-state index in [9.17, 15) is 4.79 Å². The standard InChI is InChI=1S/C4H9N7O/c1-7-4(12)3(9-11-6)2-8-10-5/h3H,2H2,1H3,(H2,6,9)(H,7,12)/t3-/m0/s1. The largest absolute Gasteiger partial charge is 0.357 e. The van der Waals surface area contributed by atoms with Crippen molar-refractivity contribution < 1.29 is 4.79 Å². The molecule has 0 saturated carbocycles. The highest BCUT2D eigenvalue weighted by molar-refractivity contribution is 5.81. The maximum Gasteiger partial charge on any atom is 0.246 e. The molecule has 0 spiro atoms. The van der Waals surface area contributed by atoms with E-state index in [-0.39, 0.29) is 6.54 Å². The Labute approximate surface area is 68.4 Å². The molecule has 0 rings (SSSR count). The fourth-order valence-corrected chi connectivity index (χ4v) is 0.533. The normalized spacial score (nSPS) is 12.1. The van der Waals surface area contributed by atoms with Gasteiger partial charge in [0.25, 0.3) is 0 Å². The molecule has 0 unspecified atom stereocenters. The minimum absolute atomic E-state index is 0.0864. The van der Waals surface area contributed by atoms with Gasteiger partial charge < -0.3 is 11.2 Å². The van der Waals surface area contributed by atoms with Crippen LogP contribution in [0.2, 0.25) is 0 Å². The minimum Gasteiger partial charge on any atom is -0.357 e. The fourth-order valence-electron chi connectivity index (χ4n) is 0.533. The number of likely N-dealkylation sites (N-methyl/N-ethyl adjacent to an activating group) is 1. The molecule has 8 heteroatoms. The molecule has 1 amide bonds. The van der Waals surface area contributed by atoms with E-state index in [2.05, 4.69) is 25.7 Å². The van der Waals surface area contributed by atoms with Crippen molar-refractivity contribution in [1.29, 1.82) is 0 Å². The van der Waals surface area contributed by atoms with Crippen LogP contribution in [0.5, 0.6) is 0 Å². The predicted octanol–water partition coefficient (Wildman–Crippen LogP) is -0.263. The molecule has 0 bridgehead atoms. The molecule has 0 radical (unpaired) electrons. The summed E-state index contributed by atoms with van der Waals surface area (Å²) in [6.45, 7) is -0.0864. The number of amides is 1. The van der Waals surface area contributed by atoms with Crippen LogP contribution in [0.15, 0.2) is 15.5 Å². The van der Waals surface area contributed by atoms with Gasteiger partial charge in [0.2, 0.25) is 5.91 Å². The number of carbonyl (C=O) groups is 1. The van der Waals surface area contributed by atoms with E-state index in [0.717, 1.165) is 0 Å². The van der Waals surface area contributed by atoms with Crippen molar-refractivity contribution in [3.05, 3.63) is 10.4 Å². The van der Waals surface area contributed by atoms with Gasteiger partial charge in [-0.2, -0.15) is 5.11 Å². The number of hydrogen-bond acceptors (Lipinski definition) is 4. The molecule has 66 valence electrons. The van der Waals surface area contributed by atoms with Crippen molar-refractivity contribution in [2.24, 2.45) is 21.3 Å². The molecule has 0 aliphatic rings. The number of azide groups is 1. The molecular formula is C4H9N7O. The highest BCUT2D eigenvalue weighted by atomic mass is 16.2. The summed E-state index contributed by atoms with van der Waals surface area (Å²) >= 11 is 0. The van der Waals surface area contributed by atoms with Crippen molar-refractivity contribution in [1.82, 2.24) is 5.32 Å². The van der Waals surface area contributed by atoms with E-state index >= 15 is 0 Å². The smallest absolute Gasteiger partial charge is 0.246 e. The number of nitrogens with two attached hydrogens (primary N) is 1. The van der Waals surface area contributed by atoms with Crippen LogP contribution in [0.1, 0.15) is 0 Å². The Hall–Kier alpha value is -1.82. The molecule has 0 aromatic carbocycles. The molecule has 1 atom stereocenters.